The van der Waals surface area contributed by atoms with Gasteiger partial charge in [0.25, 0.3) is 0 Å². The quantitative estimate of drug-likeness (QED) is 0.240. The van der Waals surface area contributed by atoms with Gasteiger partial charge < -0.3 is 14.8 Å². The van der Waals surface area contributed by atoms with Gasteiger partial charge in [-0.25, -0.2) is 9.59 Å². The van der Waals surface area contributed by atoms with E-state index in [0.717, 1.165) is 0 Å². The van der Waals surface area contributed by atoms with Gasteiger partial charge in [-0.3, -0.25) is 4.79 Å². The maximum absolute atomic E-state index is 14.1. The van der Waals surface area contributed by atoms with Crippen molar-refractivity contribution >= 4 is 23.5 Å². The molecule has 0 aliphatic heterocycles. The maximum atomic E-state index is 14.1. The Bertz CT molecular complexity index is 1190. The number of carbonyl (C=O) groups is 3. The highest BCUT2D eigenvalue weighted by molar-refractivity contribution is 6.01. The predicted molar refractivity (Wildman–Crippen MR) is 98.4 cm³/mol. The highest BCUT2D eigenvalue weighted by atomic mass is 19.4. The lowest BCUT2D eigenvalue weighted by Gasteiger charge is -2.42. The number of esters is 2. The number of halogens is 17. The fraction of sp³-hybridized carbons (Fsp3) is 0.526. The maximum Gasteiger partial charge on any atom is 0.460 e. The van der Waals surface area contributed by atoms with Crippen molar-refractivity contribution in [2.24, 2.45) is 0 Å². The molecule has 1 N–H and O–H groups in total. The zero-order chi connectivity index (χ0) is 33.7. The van der Waals surface area contributed by atoms with Gasteiger partial charge in [-0.2, -0.15) is 74.6 Å². The Balaban J connectivity index is 3.68. The van der Waals surface area contributed by atoms with Gasteiger partial charge in [-0.05, 0) is 18.2 Å². The summed E-state index contributed by atoms with van der Waals surface area (Å²) in [5.41, 5.74) is -3.19. The minimum absolute atomic E-state index is 0.199. The molecule has 1 amide bonds. The average molecular weight is 655 g/mol. The van der Waals surface area contributed by atoms with E-state index in [-0.39, 0.29) is 12.1 Å². The summed E-state index contributed by atoms with van der Waals surface area (Å²) in [4.78, 5) is 35.0. The first-order valence-electron chi connectivity index (χ1n) is 9.78. The van der Waals surface area contributed by atoms with Crippen LogP contribution in [0.5, 0.6) is 0 Å². The summed E-state index contributed by atoms with van der Waals surface area (Å²) in [5.74, 6) is -65.9. The van der Waals surface area contributed by atoms with Gasteiger partial charge in [0.05, 0.1) is 25.3 Å². The number of rotatable bonds is 10. The monoisotopic (exact) mass is 655 g/mol. The van der Waals surface area contributed by atoms with E-state index in [1.54, 1.807) is 0 Å². The zero-order valence-electron chi connectivity index (χ0n) is 19.7. The number of hydrogen-bond donors (Lipinski definition) is 1. The smallest absolute Gasteiger partial charge is 0.460 e. The van der Waals surface area contributed by atoms with E-state index < -0.39 is 82.3 Å². The summed E-state index contributed by atoms with van der Waals surface area (Å²) < 4.78 is 236. The van der Waals surface area contributed by atoms with Crippen LogP contribution in [0.2, 0.25) is 0 Å². The van der Waals surface area contributed by atoms with Crippen molar-refractivity contribution in [1.29, 1.82) is 0 Å². The van der Waals surface area contributed by atoms with Crippen molar-refractivity contribution in [3.63, 3.8) is 0 Å². The fourth-order valence-corrected chi connectivity index (χ4v) is 2.69. The van der Waals surface area contributed by atoms with E-state index in [2.05, 4.69) is 9.47 Å². The Hall–Kier alpha value is -3.56. The van der Waals surface area contributed by atoms with Crippen molar-refractivity contribution in [1.82, 2.24) is 0 Å². The van der Waals surface area contributed by atoms with Crippen molar-refractivity contribution in [2.45, 2.75) is 47.6 Å². The van der Waals surface area contributed by atoms with Crippen molar-refractivity contribution in [3.8, 4) is 0 Å². The second-order valence-corrected chi connectivity index (χ2v) is 7.75. The zero-order valence-corrected chi connectivity index (χ0v) is 19.7. The molecule has 0 atom stereocenters. The molecule has 23 heteroatoms. The first-order valence-corrected chi connectivity index (χ1v) is 9.78. The van der Waals surface area contributed by atoms with Gasteiger partial charge >= 0.3 is 65.5 Å². The van der Waals surface area contributed by atoms with Crippen LogP contribution in [0.3, 0.4) is 0 Å². The fourth-order valence-electron chi connectivity index (χ4n) is 2.69. The number of amides is 1. The normalized spacial score (nSPS) is 14.4. The first kappa shape index (κ1) is 36.5. The summed E-state index contributed by atoms with van der Waals surface area (Å²) in [6, 6.07) is 0.948. The van der Waals surface area contributed by atoms with Crippen LogP contribution in [-0.2, 0) is 14.3 Å². The lowest BCUT2D eigenvalue weighted by molar-refractivity contribution is -0.459. The summed E-state index contributed by atoms with van der Waals surface area (Å²) >= 11 is 0. The topological polar surface area (TPSA) is 81.7 Å². The van der Waals surface area contributed by atoms with E-state index in [4.69, 9.17) is 0 Å². The largest absolute Gasteiger partial charge is 0.465 e. The minimum atomic E-state index is -8.87. The second kappa shape index (κ2) is 10.6. The van der Waals surface area contributed by atoms with Gasteiger partial charge in [0.2, 0.25) is 0 Å². The Morgan fingerprint density at radius 2 is 0.833 bits per heavy atom. The molecule has 0 heterocycles. The molecule has 0 saturated heterocycles. The summed E-state index contributed by atoms with van der Waals surface area (Å²) in [6.45, 7) is 0. The Kier molecular flexibility index (Phi) is 9.22. The minimum Gasteiger partial charge on any atom is -0.465 e. The molecule has 0 aliphatic carbocycles. The molecule has 0 saturated carbocycles. The molecule has 42 heavy (non-hydrogen) atoms. The molecular weight excluding hydrogens is 645 g/mol. The summed E-state index contributed by atoms with van der Waals surface area (Å²) in [5, 5.41) is 0.597. The lowest BCUT2D eigenvalue weighted by atomic mass is 9.88. The standard InChI is InChI=1S/C19H10F17NO5/c1-41-9(38)6-3-7(10(39)42-2)5-8(4-6)37-11(40)12(20,21)13(22,23)14(24,25)15(26,27)16(28,29)17(30,31)18(32,33)19(34,35)36/h3-5H,1-2H3,(H,37,40). The number of ether oxygens (including phenoxy) is 2. The average Bonchev–Trinajstić information content (AvgIpc) is 2.85. The third-order valence-corrected chi connectivity index (χ3v) is 5.04. The number of hydrogen-bond acceptors (Lipinski definition) is 5. The molecule has 1 aromatic rings. The van der Waals surface area contributed by atoms with Crippen LogP contribution in [0.4, 0.5) is 80.3 Å². The Morgan fingerprint density at radius 3 is 1.14 bits per heavy atom. The van der Waals surface area contributed by atoms with Crippen LogP contribution in [-0.4, -0.2) is 79.7 Å². The third kappa shape index (κ3) is 5.24. The number of alkyl halides is 17. The van der Waals surface area contributed by atoms with Crippen LogP contribution >= 0.6 is 0 Å². The predicted octanol–water partition coefficient (Wildman–Crippen LogP) is 6.21. The van der Waals surface area contributed by atoms with Crippen LogP contribution < -0.4 is 5.32 Å². The number of nitrogens with one attached hydrogen (secondary N) is 1. The molecule has 0 unspecified atom stereocenters. The van der Waals surface area contributed by atoms with Crippen molar-refractivity contribution in [3.05, 3.63) is 29.3 Å². The Morgan fingerprint density at radius 1 is 0.524 bits per heavy atom. The van der Waals surface area contributed by atoms with Crippen LogP contribution in [0.1, 0.15) is 20.7 Å². The van der Waals surface area contributed by atoms with Gasteiger partial charge in [0.1, 0.15) is 0 Å². The summed E-state index contributed by atoms with van der Waals surface area (Å²) in [7, 11) is 1.35. The highest BCUT2D eigenvalue weighted by Gasteiger charge is 2.95. The SMILES string of the molecule is COC(=O)c1cc(NC(=O)C(F)(F)C(F)(F)C(F)(F)C(F)(F)C(F)(F)C(F)(F)C(F)(F)C(F)(F)F)cc(C(=O)OC)c1. The van der Waals surface area contributed by atoms with Crippen molar-refractivity contribution < 1.29 is 98.5 Å². The highest BCUT2D eigenvalue weighted by Crippen LogP contribution is 2.64. The first-order chi connectivity index (χ1) is 18.4. The molecule has 0 radical (unpaired) electrons. The van der Waals surface area contributed by atoms with E-state index in [1.165, 1.54) is 0 Å². The van der Waals surface area contributed by atoms with Gasteiger partial charge in [0, 0.05) is 5.69 Å². The molecule has 0 aromatic heterocycles. The molecular formula is C19H10F17NO5. The molecule has 1 rings (SSSR count). The van der Waals surface area contributed by atoms with Crippen LogP contribution in [0.15, 0.2) is 18.2 Å². The van der Waals surface area contributed by atoms with E-state index >= 15 is 0 Å². The lowest BCUT2D eigenvalue weighted by Crippen LogP contribution is -2.75. The molecule has 6 nitrogen and oxygen atoms in total. The molecule has 0 fully saturated rings. The second-order valence-electron chi connectivity index (χ2n) is 7.75. The van der Waals surface area contributed by atoms with Gasteiger partial charge in [0.15, 0.2) is 0 Å². The van der Waals surface area contributed by atoms with Crippen molar-refractivity contribution in [2.75, 3.05) is 19.5 Å². The molecule has 240 valence electrons. The number of carbonyl (C=O) groups excluding carboxylic acids is 3. The molecule has 0 aliphatic rings. The molecule has 1 aromatic carbocycles. The van der Waals surface area contributed by atoms with E-state index in [0.29, 0.717) is 25.6 Å². The van der Waals surface area contributed by atoms with E-state index in [1.807, 2.05) is 0 Å². The van der Waals surface area contributed by atoms with Gasteiger partial charge in [-0.15, -0.1) is 0 Å². The van der Waals surface area contributed by atoms with E-state index in [9.17, 15) is 89.0 Å². The molecule has 0 bridgehead atoms. The van der Waals surface area contributed by atoms with Gasteiger partial charge in [-0.1, -0.05) is 0 Å². The summed E-state index contributed by atoms with van der Waals surface area (Å²) in [6.07, 6.45) is -7.90. The number of benzene rings is 1. The Labute approximate surface area is 219 Å². The number of methoxy groups -OCH3 is 2. The number of anilines is 1. The molecule has 0 spiro atoms. The third-order valence-electron chi connectivity index (χ3n) is 5.04. The van der Waals surface area contributed by atoms with Crippen LogP contribution in [0.25, 0.3) is 0 Å². The van der Waals surface area contributed by atoms with Crippen LogP contribution in [0, 0.1) is 0 Å².